The summed E-state index contributed by atoms with van der Waals surface area (Å²) in [5, 5.41) is 3.44. The number of carbonyl (C=O) groups is 2. The van der Waals surface area contributed by atoms with E-state index in [4.69, 9.17) is 4.52 Å². The zero-order valence-electron chi connectivity index (χ0n) is 7.58. The van der Waals surface area contributed by atoms with Crippen molar-refractivity contribution in [2.24, 2.45) is 0 Å². The maximum absolute atomic E-state index is 11.1. The summed E-state index contributed by atoms with van der Waals surface area (Å²) in [6.45, 7) is 2.90. The molecule has 5 nitrogen and oxygen atoms in total. The Morgan fingerprint density at radius 1 is 1.46 bits per heavy atom. The fourth-order valence-electron chi connectivity index (χ4n) is 1.02. The van der Waals surface area contributed by atoms with Crippen molar-refractivity contribution in [1.82, 2.24) is 5.16 Å². The van der Waals surface area contributed by atoms with Crippen LogP contribution >= 0.6 is 0 Å². The molecule has 0 aromatic carbocycles. The molecule has 0 aliphatic rings. The van der Waals surface area contributed by atoms with E-state index in [9.17, 15) is 9.59 Å². The fraction of sp³-hybridized carbons (Fsp3) is 0.375. The molecule has 1 aromatic rings. The first kappa shape index (κ1) is 9.44. The summed E-state index contributed by atoms with van der Waals surface area (Å²) >= 11 is 0. The van der Waals surface area contributed by atoms with Gasteiger partial charge in [0.2, 0.25) is 5.69 Å². The van der Waals surface area contributed by atoms with Gasteiger partial charge in [0, 0.05) is 0 Å². The van der Waals surface area contributed by atoms with Crippen LogP contribution in [0.1, 0.15) is 33.5 Å². The molecule has 0 unspecified atom stereocenters. The highest BCUT2D eigenvalue weighted by Gasteiger charge is 2.23. The molecular weight excluding hydrogens is 174 g/mol. The molecule has 0 atom stereocenters. The van der Waals surface area contributed by atoms with E-state index >= 15 is 0 Å². The van der Waals surface area contributed by atoms with Crippen molar-refractivity contribution in [2.75, 3.05) is 7.11 Å². The second kappa shape index (κ2) is 3.38. The Morgan fingerprint density at radius 2 is 2.08 bits per heavy atom. The minimum absolute atomic E-state index is 0.0625. The van der Waals surface area contributed by atoms with Crippen molar-refractivity contribution in [3.05, 3.63) is 17.0 Å². The Hall–Kier alpha value is -1.65. The van der Waals surface area contributed by atoms with E-state index in [0.29, 0.717) is 5.76 Å². The van der Waals surface area contributed by atoms with Crippen molar-refractivity contribution < 1.29 is 18.8 Å². The second-order valence-electron chi connectivity index (χ2n) is 2.51. The molecule has 0 bridgehead atoms. The summed E-state index contributed by atoms with van der Waals surface area (Å²) in [5.74, 6) is -0.603. The molecule has 1 heterocycles. The minimum atomic E-state index is -0.665. The largest absolute Gasteiger partial charge is 0.464 e. The van der Waals surface area contributed by atoms with Gasteiger partial charge in [0.05, 0.1) is 12.7 Å². The lowest BCUT2D eigenvalue weighted by molar-refractivity contribution is 0.0586. The number of hydrogen-bond acceptors (Lipinski definition) is 5. The molecule has 1 aromatic heterocycles. The molecule has 13 heavy (non-hydrogen) atoms. The van der Waals surface area contributed by atoms with E-state index in [1.165, 1.54) is 14.0 Å². The van der Waals surface area contributed by atoms with Crippen molar-refractivity contribution in [3.63, 3.8) is 0 Å². The lowest BCUT2D eigenvalue weighted by atomic mass is 10.1. The smallest absolute Gasteiger partial charge is 0.361 e. The molecule has 0 spiro atoms. The zero-order chi connectivity index (χ0) is 10.0. The molecule has 0 N–H and O–H groups in total. The number of methoxy groups -OCH3 is 1. The molecule has 0 amide bonds. The summed E-state index contributed by atoms with van der Waals surface area (Å²) in [4.78, 5) is 22.1. The molecule has 0 saturated carbocycles. The first-order chi connectivity index (χ1) is 6.07. The molecular formula is C8H9NO4. The fourth-order valence-corrected chi connectivity index (χ4v) is 1.02. The number of Topliss-reactive ketones (excluding diaryl/α,β-unsaturated/α-hetero) is 1. The van der Waals surface area contributed by atoms with Crippen LogP contribution in [0.4, 0.5) is 0 Å². The van der Waals surface area contributed by atoms with E-state index < -0.39 is 5.97 Å². The lowest BCUT2D eigenvalue weighted by Crippen LogP contribution is -2.08. The highest BCUT2D eigenvalue weighted by molar-refractivity contribution is 6.04. The molecule has 1 rings (SSSR count). The van der Waals surface area contributed by atoms with E-state index in [2.05, 4.69) is 9.89 Å². The number of aryl methyl sites for hydroxylation is 1. The van der Waals surface area contributed by atoms with Gasteiger partial charge in [0.25, 0.3) is 0 Å². The van der Waals surface area contributed by atoms with Crippen LogP contribution in [0.15, 0.2) is 4.52 Å². The van der Waals surface area contributed by atoms with Gasteiger partial charge in [0.15, 0.2) is 5.78 Å². The maximum Gasteiger partial charge on any atom is 0.361 e. The van der Waals surface area contributed by atoms with Gasteiger partial charge in [-0.25, -0.2) is 4.79 Å². The first-order valence-corrected chi connectivity index (χ1v) is 3.63. The van der Waals surface area contributed by atoms with Crippen molar-refractivity contribution in [2.45, 2.75) is 13.8 Å². The van der Waals surface area contributed by atoms with E-state index in [1.807, 2.05) is 0 Å². The normalized spacial score (nSPS) is 9.77. The first-order valence-electron chi connectivity index (χ1n) is 3.63. The van der Waals surface area contributed by atoms with Crippen LogP contribution in [0.2, 0.25) is 0 Å². The van der Waals surface area contributed by atoms with Crippen LogP contribution in [0.3, 0.4) is 0 Å². The lowest BCUT2D eigenvalue weighted by Gasteiger charge is -1.94. The summed E-state index contributed by atoms with van der Waals surface area (Å²) in [6, 6.07) is 0. The molecule has 0 aliphatic carbocycles. The Kier molecular flexibility index (Phi) is 2.46. The van der Waals surface area contributed by atoms with Crippen LogP contribution in [0.5, 0.6) is 0 Å². The average molecular weight is 183 g/mol. The van der Waals surface area contributed by atoms with Crippen LogP contribution in [-0.4, -0.2) is 24.0 Å². The van der Waals surface area contributed by atoms with Crippen LogP contribution in [0.25, 0.3) is 0 Å². The summed E-state index contributed by atoms with van der Waals surface area (Å²) < 4.78 is 9.14. The van der Waals surface area contributed by atoms with Crippen molar-refractivity contribution in [1.29, 1.82) is 0 Å². The van der Waals surface area contributed by atoms with E-state index in [1.54, 1.807) is 6.92 Å². The van der Waals surface area contributed by atoms with Crippen LogP contribution < -0.4 is 0 Å². The van der Waals surface area contributed by atoms with Crippen molar-refractivity contribution in [3.8, 4) is 0 Å². The SMILES string of the molecule is COC(=O)c1noc(C)c1C(C)=O. The predicted octanol–water partition coefficient (Wildman–Crippen LogP) is 0.972. The third-order valence-electron chi connectivity index (χ3n) is 1.59. The number of nitrogens with zero attached hydrogens (tertiary/aromatic N) is 1. The molecule has 0 saturated heterocycles. The maximum atomic E-state index is 11.1. The number of aromatic nitrogens is 1. The van der Waals surface area contributed by atoms with Gasteiger partial charge >= 0.3 is 5.97 Å². The molecule has 0 aliphatic heterocycles. The summed E-state index contributed by atoms with van der Waals surface area (Å²) in [6.07, 6.45) is 0. The number of ketones is 1. The Morgan fingerprint density at radius 3 is 2.54 bits per heavy atom. The van der Waals surface area contributed by atoms with Gasteiger partial charge in [0.1, 0.15) is 5.76 Å². The van der Waals surface area contributed by atoms with Crippen molar-refractivity contribution >= 4 is 11.8 Å². The number of esters is 1. The summed E-state index contributed by atoms with van der Waals surface area (Å²) in [5.41, 5.74) is 0.124. The summed E-state index contributed by atoms with van der Waals surface area (Å²) in [7, 11) is 1.22. The van der Waals surface area contributed by atoms with Gasteiger partial charge in [-0.1, -0.05) is 5.16 Å². The standard InChI is InChI=1S/C8H9NO4/c1-4(10)6-5(2)13-9-7(6)8(11)12-3/h1-3H3. The Labute approximate surface area is 74.7 Å². The van der Waals surface area contributed by atoms with Gasteiger partial charge in [-0.3, -0.25) is 4.79 Å². The molecule has 0 radical (unpaired) electrons. The molecule has 0 fully saturated rings. The molecule has 5 heteroatoms. The third-order valence-corrected chi connectivity index (χ3v) is 1.59. The highest BCUT2D eigenvalue weighted by Crippen LogP contribution is 2.14. The van der Waals surface area contributed by atoms with E-state index in [0.717, 1.165) is 0 Å². The van der Waals surface area contributed by atoms with Gasteiger partial charge in [-0.2, -0.15) is 0 Å². The Bertz CT molecular complexity index is 353. The predicted molar refractivity (Wildman–Crippen MR) is 42.6 cm³/mol. The van der Waals surface area contributed by atoms with Gasteiger partial charge in [-0.15, -0.1) is 0 Å². The quantitative estimate of drug-likeness (QED) is 0.504. The number of hydrogen-bond donors (Lipinski definition) is 0. The van der Waals surface area contributed by atoms with Gasteiger partial charge in [-0.05, 0) is 13.8 Å². The number of carbonyl (C=O) groups excluding carboxylic acids is 2. The second-order valence-corrected chi connectivity index (χ2v) is 2.51. The Balaban J connectivity index is 3.22. The average Bonchev–Trinajstić information content (AvgIpc) is 2.45. The topological polar surface area (TPSA) is 69.4 Å². The number of rotatable bonds is 2. The zero-order valence-corrected chi connectivity index (χ0v) is 7.58. The molecule has 70 valence electrons. The minimum Gasteiger partial charge on any atom is -0.464 e. The van der Waals surface area contributed by atoms with Crippen LogP contribution in [-0.2, 0) is 4.74 Å². The third kappa shape index (κ3) is 1.58. The highest BCUT2D eigenvalue weighted by atomic mass is 16.5. The number of ether oxygens (including phenoxy) is 1. The van der Waals surface area contributed by atoms with Crippen LogP contribution in [0, 0.1) is 6.92 Å². The monoisotopic (exact) mass is 183 g/mol. The van der Waals surface area contributed by atoms with E-state index in [-0.39, 0.29) is 17.0 Å². The van der Waals surface area contributed by atoms with Gasteiger partial charge < -0.3 is 9.26 Å².